The topological polar surface area (TPSA) is 122 Å². The number of oxazole rings is 1. The SMILES string of the molecule is CCCCCCCCCCCCS(=O)(=O)c1c(Cl)c(Cl)c(-n2c(O)c(-c3c(C)cc[nH]c3=O)oc2=O)c(Cl)c1Cl. The number of halogens is 4. The van der Waals surface area contributed by atoms with Crippen LogP contribution in [-0.2, 0) is 9.84 Å². The molecule has 0 aliphatic carbocycles. The Morgan fingerprint density at radius 3 is 1.93 bits per heavy atom. The number of pyridine rings is 1. The molecule has 13 heteroatoms. The Labute approximate surface area is 253 Å². The van der Waals surface area contributed by atoms with E-state index < -0.39 is 57.8 Å². The number of rotatable bonds is 14. The van der Waals surface area contributed by atoms with Crippen molar-refractivity contribution in [3.63, 3.8) is 0 Å². The van der Waals surface area contributed by atoms with E-state index in [9.17, 15) is 23.1 Å². The highest BCUT2D eigenvalue weighted by Crippen LogP contribution is 2.47. The number of unbranched alkanes of at least 4 members (excludes halogenated alkanes) is 9. The number of benzene rings is 1. The minimum atomic E-state index is -3.99. The van der Waals surface area contributed by atoms with Crippen molar-refractivity contribution < 1.29 is 17.9 Å². The molecule has 0 unspecified atom stereocenters. The minimum Gasteiger partial charge on any atom is -0.491 e. The van der Waals surface area contributed by atoms with E-state index in [1.807, 2.05) is 0 Å². The molecule has 3 aromatic rings. The van der Waals surface area contributed by atoms with Crippen LogP contribution in [0.5, 0.6) is 5.88 Å². The highest BCUT2D eigenvalue weighted by Gasteiger charge is 2.32. The molecule has 0 atom stereocenters. The van der Waals surface area contributed by atoms with Crippen LogP contribution in [0, 0.1) is 6.92 Å². The third-order valence-electron chi connectivity index (χ3n) is 6.68. The number of hydrogen-bond acceptors (Lipinski definition) is 6. The molecule has 0 amide bonds. The number of H-pyrrole nitrogens is 1. The summed E-state index contributed by atoms with van der Waals surface area (Å²) in [6, 6.07) is 1.55. The van der Waals surface area contributed by atoms with Crippen LogP contribution in [-0.4, -0.2) is 28.8 Å². The smallest absolute Gasteiger partial charge is 0.427 e. The lowest BCUT2D eigenvalue weighted by Gasteiger charge is -2.16. The maximum atomic E-state index is 13.2. The van der Waals surface area contributed by atoms with E-state index in [1.54, 1.807) is 13.0 Å². The van der Waals surface area contributed by atoms with Gasteiger partial charge in [0.1, 0.15) is 4.90 Å². The molecule has 0 spiro atoms. The van der Waals surface area contributed by atoms with Crippen molar-refractivity contribution in [2.75, 3.05) is 5.75 Å². The molecule has 0 aliphatic rings. The van der Waals surface area contributed by atoms with Crippen LogP contribution < -0.4 is 11.3 Å². The number of aromatic amines is 1. The van der Waals surface area contributed by atoms with Crippen molar-refractivity contribution in [3.05, 3.63) is 58.8 Å². The second kappa shape index (κ2) is 14.3. The molecule has 0 bridgehead atoms. The van der Waals surface area contributed by atoms with Gasteiger partial charge in [-0.3, -0.25) is 4.79 Å². The minimum absolute atomic E-state index is 0.0871. The number of aryl methyl sites for hydroxylation is 1. The van der Waals surface area contributed by atoms with Gasteiger partial charge in [0, 0.05) is 6.20 Å². The zero-order valence-corrected chi connectivity index (χ0v) is 26.1. The molecule has 0 fully saturated rings. The van der Waals surface area contributed by atoms with Gasteiger partial charge in [0.15, 0.2) is 9.84 Å². The van der Waals surface area contributed by atoms with Gasteiger partial charge in [0.05, 0.1) is 37.1 Å². The monoisotopic (exact) mass is 652 g/mol. The zero-order valence-electron chi connectivity index (χ0n) is 22.3. The van der Waals surface area contributed by atoms with Gasteiger partial charge < -0.3 is 14.5 Å². The summed E-state index contributed by atoms with van der Waals surface area (Å²) >= 11 is 25.6. The Bertz CT molecular complexity index is 1550. The Morgan fingerprint density at radius 2 is 1.40 bits per heavy atom. The van der Waals surface area contributed by atoms with E-state index in [2.05, 4.69) is 11.9 Å². The second-order valence-corrected chi connectivity index (χ2v) is 13.2. The van der Waals surface area contributed by atoms with E-state index in [0.717, 1.165) is 25.7 Å². The first-order chi connectivity index (χ1) is 18.9. The summed E-state index contributed by atoms with van der Waals surface area (Å²) in [5, 5.41) is 9.13. The summed E-state index contributed by atoms with van der Waals surface area (Å²) < 4.78 is 32.2. The standard InChI is InChI=1S/C27H32Cl4N2O6S/c1-3-4-5-6-7-8-9-10-11-12-15-40(37,38)24-20(30)18(28)22(19(29)21(24)31)33-26(35)23(39-27(33)36)17-16(2)13-14-32-25(17)34/h13-14,35H,3-12,15H2,1-2H3,(H,32,34). The Hall–Kier alpha value is -1.91. The van der Waals surface area contributed by atoms with Crippen molar-refractivity contribution in [3.8, 4) is 22.9 Å². The maximum absolute atomic E-state index is 13.2. The molecule has 40 heavy (non-hydrogen) atoms. The first-order valence-corrected chi connectivity index (χ1v) is 16.3. The predicted molar refractivity (Wildman–Crippen MR) is 161 cm³/mol. The first kappa shape index (κ1) is 32.6. The largest absolute Gasteiger partial charge is 0.491 e. The van der Waals surface area contributed by atoms with Crippen LogP contribution in [0.1, 0.15) is 76.7 Å². The van der Waals surface area contributed by atoms with Crippen LogP contribution in [0.4, 0.5) is 0 Å². The molecule has 0 saturated carbocycles. The molecule has 3 rings (SSSR count). The number of hydrogen-bond donors (Lipinski definition) is 2. The molecule has 0 saturated heterocycles. The van der Waals surface area contributed by atoms with Crippen molar-refractivity contribution in [2.45, 2.75) is 83.0 Å². The van der Waals surface area contributed by atoms with E-state index in [1.165, 1.54) is 38.3 Å². The molecular weight excluding hydrogens is 622 g/mol. The van der Waals surface area contributed by atoms with Gasteiger partial charge in [-0.1, -0.05) is 111 Å². The number of nitrogens with one attached hydrogen (secondary N) is 1. The summed E-state index contributed by atoms with van der Waals surface area (Å²) in [5.74, 6) is -2.58. The predicted octanol–water partition coefficient (Wildman–Crippen LogP) is 8.11. The van der Waals surface area contributed by atoms with E-state index in [0.29, 0.717) is 16.6 Å². The first-order valence-electron chi connectivity index (χ1n) is 13.2. The van der Waals surface area contributed by atoms with Gasteiger partial charge in [0.25, 0.3) is 5.56 Å². The highest BCUT2D eigenvalue weighted by molar-refractivity contribution is 7.91. The van der Waals surface area contributed by atoms with E-state index >= 15 is 0 Å². The molecule has 8 nitrogen and oxygen atoms in total. The van der Waals surface area contributed by atoms with Gasteiger partial charge in [-0.15, -0.1) is 0 Å². The van der Waals surface area contributed by atoms with Crippen LogP contribution in [0.15, 0.2) is 31.2 Å². The van der Waals surface area contributed by atoms with Gasteiger partial charge in [-0.25, -0.2) is 17.8 Å². The summed E-state index contributed by atoms with van der Waals surface area (Å²) in [7, 11) is -3.99. The van der Waals surface area contributed by atoms with Crippen molar-refractivity contribution in [1.82, 2.24) is 9.55 Å². The fourth-order valence-corrected chi connectivity index (χ4v) is 7.90. The average molecular weight is 654 g/mol. The lowest BCUT2D eigenvalue weighted by molar-refractivity contribution is 0.442. The zero-order chi connectivity index (χ0) is 29.6. The summed E-state index contributed by atoms with van der Waals surface area (Å²) in [5.41, 5.74) is -0.658. The second-order valence-electron chi connectivity index (χ2n) is 9.66. The van der Waals surface area contributed by atoms with Crippen LogP contribution in [0.2, 0.25) is 20.1 Å². The Balaban J connectivity index is 1.85. The molecule has 0 radical (unpaired) electrons. The quantitative estimate of drug-likeness (QED) is 0.134. The normalized spacial score (nSPS) is 11.8. The van der Waals surface area contributed by atoms with Crippen LogP contribution >= 0.6 is 46.4 Å². The fraction of sp³-hybridized carbons (Fsp3) is 0.481. The lowest BCUT2D eigenvalue weighted by Crippen LogP contribution is -2.15. The third-order valence-corrected chi connectivity index (χ3v) is 10.5. The third kappa shape index (κ3) is 7.10. The summed E-state index contributed by atoms with van der Waals surface area (Å²) in [6.45, 7) is 3.77. The van der Waals surface area contributed by atoms with Crippen LogP contribution in [0.3, 0.4) is 0 Å². The number of aromatic hydroxyl groups is 1. The molecule has 2 N–H and O–H groups in total. The van der Waals surface area contributed by atoms with E-state index in [-0.39, 0.29) is 17.0 Å². The van der Waals surface area contributed by atoms with Gasteiger partial charge in [0.2, 0.25) is 11.6 Å². The van der Waals surface area contributed by atoms with E-state index in [4.69, 9.17) is 50.8 Å². The summed E-state index contributed by atoms with van der Waals surface area (Å²) in [6.07, 6.45) is 11.7. The molecule has 2 aromatic heterocycles. The lowest BCUT2D eigenvalue weighted by atomic mass is 10.1. The maximum Gasteiger partial charge on any atom is 0.427 e. The number of aromatic nitrogens is 2. The Kier molecular flexibility index (Phi) is 11.7. The highest BCUT2D eigenvalue weighted by atomic mass is 35.5. The summed E-state index contributed by atoms with van der Waals surface area (Å²) in [4.78, 5) is 27.1. The van der Waals surface area contributed by atoms with Gasteiger partial charge in [-0.05, 0) is 25.0 Å². The molecular formula is C27H32Cl4N2O6S. The molecule has 1 aromatic carbocycles. The molecule has 0 aliphatic heterocycles. The number of sulfone groups is 1. The van der Waals surface area contributed by atoms with Crippen molar-refractivity contribution in [1.29, 1.82) is 0 Å². The molecule has 2 heterocycles. The fourth-order valence-electron chi connectivity index (χ4n) is 4.54. The van der Waals surface area contributed by atoms with Crippen molar-refractivity contribution >= 4 is 56.2 Å². The average Bonchev–Trinajstić information content (AvgIpc) is 3.17. The van der Waals surface area contributed by atoms with Gasteiger partial charge >= 0.3 is 5.76 Å². The Morgan fingerprint density at radius 1 is 0.875 bits per heavy atom. The van der Waals surface area contributed by atoms with Crippen LogP contribution in [0.25, 0.3) is 17.0 Å². The van der Waals surface area contributed by atoms with Gasteiger partial charge in [-0.2, -0.15) is 0 Å². The van der Waals surface area contributed by atoms with Crippen molar-refractivity contribution in [2.24, 2.45) is 0 Å². The number of nitrogens with zero attached hydrogens (tertiary/aromatic N) is 1. The molecule has 220 valence electrons.